The molecule has 0 aromatic rings. The van der Waals surface area contributed by atoms with E-state index in [-0.39, 0.29) is 27.7 Å². The van der Waals surface area contributed by atoms with E-state index in [1.54, 1.807) is 6.08 Å². The number of allylic oxidation sites excluding steroid dienone is 1. The van der Waals surface area contributed by atoms with Crippen LogP contribution in [-0.4, -0.2) is 11.6 Å². The van der Waals surface area contributed by atoms with Gasteiger partial charge in [-0.2, -0.15) is 0 Å². The lowest BCUT2D eigenvalue weighted by atomic mass is 9.95. The number of hydrogen-bond donors (Lipinski definition) is 0. The molecular weight excluding hydrogens is 271 g/mol. The van der Waals surface area contributed by atoms with E-state index in [0.717, 1.165) is 12.8 Å². The van der Waals surface area contributed by atoms with Crippen molar-refractivity contribution >= 4 is 29.2 Å². The van der Waals surface area contributed by atoms with Crippen LogP contribution in [-0.2, 0) is 9.53 Å². The lowest BCUT2D eigenvalue weighted by molar-refractivity contribution is -0.157. The summed E-state index contributed by atoms with van der Waals surface area (Å²) in [7, 11) is 0. The van der Waals surface area contributed by atoms with E-state index in [9.17, 15) is 4.79 Å². The molecule has 18 heavy (non-hydrogen) atoms. The second-order valence-electron chi connectivity index (χ2n) is 5.93. The number of hydrogen-bond acceptors (Lipinski definition) is 2. The van der Waals surface area contributed by atoms with Crippen LogP contribution in [0.25, 0.3) is 0 Å². The van der Waals surface area contributed by atoms with E-state index in [2.05, 4.69) is 13.8 Å². The Morgan fingerprint density at radius 3 is 2.11 bits per heavy atom. The minimum Gasteiger partial charge on any atom is -0.460 e. The molecule has 1 fully saturated rings. The fraction of sp³-hybridized carbons (Fsp3) is 0.786. The van der Waals surface area contributed by atoms with Crippen molar-refractivity contribution in [2.24, 2.45) is 17.3 Å². The topological polar surface area (TPSA) is 26.3 Å². The van der Waals surface area contributed by atoms with Gasteiger partial charge < -0.3 is 4.74 Å². The first-order chi connectivity index (χ1) is 8.18. The normalized spacial score (nSPS) is 25.5. The molecule has 2 unspecified atom stereocenters. The summed E-state index contributed by atoms with van der Waals surface area (Å²) in [6, 6.07) is 0. The highest BCUT2D eigenvalue weighted by molar-refractivity contribution is 6.55. The second kappa shape index (κ2) is 5.42. The Morgan fingerprint density at radius 2 is 1.78 bits per heavy atom. The Bertz CT molecular complexity index is 347. The van der Waals surface area contributed by atoms with Crippen molar-refractivity contribution < 1.29 is 9.53 Å². The van der Waals surface area contributed by atoms with Crippen molar-refractivity contribution in [2.45, 2.75) is 53.1 Å². The molecule has 0 aromatic heterocycles. The van der Waals surface area contributed by atoms with Gasteiger partial charge in [0.15, 0.2) is 0 Å². The van der Waals surface area contributed by atoms with Crippen molar-refractivity contribution in [3.63, 3.8) is 0 Å². The molecule has 0 spiro atoms. The van der Waals surface area contributed by atoms with Gasteiger partial charge in [0.05, 0.1) is 5.92 Å². The number of carbonyl (C=O) groups is 1. The highest BCUT2D eigenvalue weighted by Crippen LogP contribution is 2.65. The highest BCUT2D eigenvalue weighted by atomic mass is 35.5. The zero-order valence-electron chi connectivity index (χ0n) is 11.7. The van der Waals surface area contributed by atoms with Crippen LogP contribution in [0.15, 0.2) is 10.6 Å². The zero-order valence-corrected chi connectivity index (χ0v) is 13.2. The average Bonchev–Trinajstić information content (AvgIpc) is 2.82. The first-order valence-electron chi connectivity index (χ1n) is 6.43. The summed E-state index contributed by atoms with van der Waals surface area (Å²) in [6.45, 7) is 9.83. The van der Waals surface area contributed by atoms with Gasteiger partial charge in [-0.3, -0.25) is 4.79 Å². The standard InChI is InChI=1S/C14H22Cl2O2/c1-6-14(7-2)9(8-10(15)16)11(14)12(17)18-13(3,4)5/h8-9,11H,6-7H2,1-5H3. The molecule has 0 amide bonds. The van der Waals surface area contributed by atoms with Gasteiger partial charge in [0.25, 0.3) is 0 Å². The summed E-state index contributed by atoms with van der Waals surface area (Å²) in [5, 5.41) is 0. The van der Waals surface area contributed by atoms with Gasteiger partial charge in [0.2, 0.25) is 0 Å². The predicted octanol–water partition coefficient (Wildman–Crippen LogP) is 4.70. The van der Waals surface area contributed by atoms with Crippen LogP contribution >= 0.6 is 23.2 Å². The second-order valence-corrected chi connectivity index (χ2v) is 6.94. The molecule has 0 saturated heterocycles. The first kappa shape index (κ1) is 15.8. The van der Waals surface area contributed by atoms with Crippen molar-refractivity contribution in [3.05, 3.63) is 10.6 Å². The Morgan fingerprint density at radius 1 is 1.28 bits per heavy atom. The van der Waals surface area contributed by atoms with Crippen LogP contribution in [0.1, 0.15) is 47.5 Å². The maximum Gasteiger partial charge on any atom is 0.310 e. The summed E-state index contributed by atoms with van der Waals surface area (Å²) in [5.74, 6) is -0.145. The van der Waals surface area contributed by atoms with Gasteiger partial charge in [-0.15, -0.1) is 0 Å². The molecule has 1 aliphatic carbocycles. The molecule has 0 radical (unpaired) electrons. The molecule has 0 N–H and O–H groups in total. The molecule has 0 heterocycles. The highest BCUT2D eigenvalue weighted by Gasteiger charge is 2.65. The van der Waals surface area contributed by atoms with E-state index in [1.807, 2.05) is 20.8 Å². The third kappa shape index (κ3) is 3.21. The molecule has 1 rings (SSSR count). The van der Waals surface area contributed by atoms with E-state index in [0.29, 0.717) is 0 Å². The molecule has 0 aliphatic heterocycles. The Hall–Kier alpha value is -0.210. The quantitative estimate of drug-likeness (QED) is 0.702. The Labute approximate surface area is 120 Å². The zero-order chi connectivity index (χ0) is 14.1. The molecule has 1 aliphatic rings. The number of ether oxygens (including phenoxy) is 1. The third-order valence-corrected chi connectivity index (χ3v) is 4.07. The third-order valence-electron chi connectivity index (χ3n) is 3.82. The predicted molar refractivity (Wildman–Crippen MR) is 75.6 cm³/mol. The minimum absolute atomic E-state index is 0.0304. The van der Waals surface area contributed by atoms with Crippen molar-refractivity contribution in [1.29, 1.82) is 0 Å². The van der Waals surface area contributed by atoms with Crippen LogP contribution in [0.4, 0.5) is 0 Å². The fourth-order valence-electron chi connectivity index (χ4n) is 2.83. The summed E-state index contributed by atoms with van der Waals surface area (Å²) < 4.78 is 5.71. The molecule has 0 bridgehead atoms. The maximum atomic E-state index is 12.2. The van der Waals surface area contributed by atoms with E-state index >= 15 is 0 Å². The van der Waals surface area contributed by atoms with Crippen molar-refractivity contribution in [3.8, 4) is 0 Å². The van der Waals surface area contributed by atoms with Gasteiger partial charge in [-0.1, -0.05) is 37.0 Å². The summed E-state index contributed by atoms with van der Waals surface area (Å²) >= 11 is 11.5. The maximum absolute atomic E-state index is 12.2. The monoisotopic (exact) mass is 292 g/mol. The van der Waals surface area contributed by atoms with Gasteiger partial charge in [-0.05, 0) is 51.0 Å². The van der Waals surface area contributed by atoms with Crippen LogP contribution in [0.2, 0.25) is 0 Å². The molecular formula is C14H22Cl2O2. The minimum atomic E-state index is -0.452. The Balaban J connectivity index is 2.88. The lowest BCUT2D eigenvalue weighted by Crippen LogP contribution is -2.26. The molecule has 2 nitrogen and oxygen atoms in total. The number of esters is 1. The summed E-state index contributed by atoms with van der Waals surface area (Å²) in [6.07, 6.45) is 3.63. The first-order valence-corrected chi connectivity index (χ1v) is 7.19. The van der Waals surface area contributed by atoms with Crippen LogP contribution in [0.3, 0.4) is 0 Å². The molecule has 2 atom stereocenters. The fourth-order valence-corrected chi connectivity index (χ4v) is 3.10. The molecule has 0 aromatic carbocycles. The smallest absolute Gasteiger partial charge is 0.310 e. The van der Waals surface area contributed by atoms with Gasteiger partial charge in [0, 0.05) is 0 Å². The SMILES string of the molecule is CCC1(CC)C(C=C(Cl)Cl)C1C(=O)OC(C)(C)C. The van der Waals surface area contributed by atoms with E-state index in [1.165, 1.54) is 0 Å². The average molecular weight is 293 g/mol. The van der Waals surface area contributed by atoms with Gasteiger partial charge in [0.1, 0.15) is 10.1 Å². The number of rotatable bonds is 4. The van der Waals surface area contributed by atoms with Crippen molar-refractivity contribution in [2.75, 3.05) is 0 Å². The molecule has 1 saturated carbocycles. The van der Waals surface area contributed by atoms with E-state index in [4.69, 9.17) is 27.9 Å². The number of halogens is 2. The summed E-state index contributed by atoms with van der Waals surface area (Å²) in [4.78, 5) is 12.2. The van der Waals surface area contributed by atoms with Crippen LogP contribution in [0.5, 0.6) is 0 Å². The van der Waals surface area contributed by atoms with Gasteiger partial charge >= 0.3 is 5.97 Å². The van der Waals surface area contributed by atoms with Gasteiger partial charge in [-0.25, -0.2) is 0 Å². The largest absolute Gasteiger partial charge is 0.460 e. The Kier molecular flexibility index (Phi) is 4.77. The molecule has 4 heteroatoms. The van der Waals surface area contributed by atoms with Crippen molar-refractivity contribution in [1.82, 2.24) is 0 Å². The summed E-state index contributed by atoms with van der Waals surface area (Å²) in [5.41, 5.74) is -0.483. The van der Waals surface area contributed by atoms with Crippen LogP contribution in [0, 0.1) is 17.3 Å². The van der Waals surface area contributed by atoms with Crippen LogP contribution < -0.4 is 0 Å². The number of carbonyl (C=O) groups excluding carboxylic acids is 1. The van der Waals surface area contributed by atoms with E-state index < -0.39 is 5.60 Å². The molecule has 104 valence electrons. The lowest BCUT2D eigenvalue weighted by Gasteiger charge is -2.20.